The molecule has 2 heteroatoms. The summed E-state index contributed by atoms with van der Waals surface area (Å²) < 4.78 is 5.22. The fourth-order valence-electron chi connectivity index (χ4n) is 1.20. The van der Waals surface area contributed by atoms with Gasteiger partial charge in [0, 0.05) is 6.42 Å². The lowest BCUT2D eigenvalue weighted by Crippen LogP contribution is -2.03. The predicted octanol–water partition coefficient (Wildman–Crippen LogP) is 1.53. The molecule has 1 unspecified atom stereocenters. The fraction of sp³-hybridized carbons (Fsp3) is 0.875. The van der Waals surface area contributed by atoms with Crippen LogP contribution in [-0.4, -0.2) is 18.5 Å². The number of carbonyl (C=O) groups excluding carboxylic acids is 1. The van der Waals surface area contributed by atoms with Gasteiger partial charge in [-0.1, -0.05) is 19.8 Å². The molecule has 1 saturated heterocycles. The molecule has 10 heavy (non-hydrogen) atoms. The highest BCUT2D eigenvalue weighted by atomic mass is 16.5. The van der Waals surface area contributed by atoms with Crippen molar-refractivity contribution >= 4 is 5.78 Å². The lowest BCUT2D eigenvalue weighted by Gasteiger charge is -2.04. The molecule has 1 aliphatic rings. The second-order valence-electron chi connectivity index (χ2n) is 2.82. The molecule has 0 aromatic heterocycles. The summed E-state index contributed by atoms with van der Waals surface area (Å²) in [6, 6.07) is 0. The molecule has 1 fully saturated rings. The van der Waals surface area contributed by atoms with Crippen LogP contribution < -0.4 is 0 Å². The van der Waals surface area contributed by atoms with Gasteiger partial charge in [0.15, 0.2) is 5.78 Å². The highest BCUT2D eigenvalue weighted by molar-refractivity contribution is 5.81. The van der Waals surface area contributed by atoms with Gasteiger partial charge in [-0.25, -0.2) is 0 Å². The summed E-state index contributed by atoms with van der Waals surface area (Å²) in [6.07, 6.45) is 4.32. The average Bonchev–Trinajstić information content (AvgIpc) is 2.31. The SMILES string of the molecule is CCCCC1CC(=O)CO1. The zero-order valence-electron chi connectivity index (χ0n) is 6.43. The van der Waals surface area contributed by atoms with Crippen LogP contribution in [0.15, 0.2) is 0 Å². The third-order valence-electron chi connectivity index (χ3n) is 1.82. The Balaban J connectivity index is 2.12. The molecule has 0 aromatic rings. The van der Waals surface area contributed by atoms with E-state index in [1.54, 1.807) is 0 Å². The van der Waals surface area contributed by atoms with Crippen LogP contribution in [0, 0.1) is 0 Å². The maximum atomic E-state index is 10.7. The van der Waals surface area contributed by atoms with E-state index in [0.717, 1.165) is 6.42 Å². The fourth-order valence-corrected chi connectivity index (χ4v) is 1.20. The molecule has 2 nitrogen and oxygen atoms in total. The molecular weight excluding hydrogens is 128 g/mol. The smallest absolute Gasteiger partial charge is 0.161 e. The lowest BCUT2D eigenvalue weighted by molar-refractivity contribution is -0.117. The molecule has 1 heterocycles. The molecule has 0 aliphatic carbocycles. The predicted molar refractivity (Wildman–Crippen MR) is 38.9 cm³/mol. The van der Waals surface area contributed by atoms with Crippen LogP contribution in [-0.2, 0) is 9.53 Å². The van der Waals surface area contributed by atoms with Crippen LogP contribution in [0.2, 0.25) is 0 Å². The molecule has 0 spiro atoms. The Bertz CT molecular complexity index is 120. The number of hydrogen-bond acceptors (Lipinski definition) is 2. The van der Waals surface area contributed by atoms with E-state index in [0.29, 0.717) is 13.0 Å². The van der Waals surface area contributed by atoms with Crippen molar-refractivity contribution in [2.45, 2.75) is 38.7 Å². The number of unbranched alkanes of at least 4 members (excludes halogenated alkanes) is 1. The monoisotopic (exact) mass is 142 g/mol. The molecule has 1 rings (SSSR count). The van der Waals surface area contributed by atoms with Gasteiger partial charge in [-0.15, -0.1) is 0 Å². The second-order valence-corrected chi connectivity index (χ2v) is 2.82. The van der Waals surface area contributed by atoms with Crippen LogP contribution >= 0.6 is 0 Å². The minimum absolute atomic E-state index is 0.243. The molecule has 1 atom stereocenters. The maximum Gasteiger partial charge on any atom is 0.161 e. The molecular formula is C8H14O2. The molecule has 1 aliphatic heterocycles. The van der Waals surface area contributed by atoms with Crippen molar-refractivity contribution in [1.29, 1.82) is 0 Å². The van der Waals surface area contributed by atoms with E-state index < -0.39 is 0 Å². The van der Waals surface area contributed by atoms with E-state index in [1.807, 2.05) is 0 Å². The third kappa shape index (κ3) is 2.10. The van der Waals surface area contributed by atoms with Crippen molar-refractivity contribution in [3.63, 3.8) is 0 Å². The van der Waals surface area contributed by atoms with Gasteiger partial charge in [-0.2, -0.15) is 0 Å². The highest BCUT2D eigenvalue weighted by Gasteiger charge is 2.21. The van der Waals surface area contributed by atoms with E-state index in [-0.39, 0.29) is 11.9 Å². The van der Waals surface area contributed by atoms with Crippen molar-refractivity contribution in [1.82, 2.24) is 0 Å². The van der Waals surface area contributed by atoms with E-state index in [1.165, 1.54) is 12.8 Å². The molecule has 0 N–H and O–H groups in total. The number of hydrogen-bond donors (Lipinski definition) is 0. The van der Waals surface area contributed by atoms with Gasteiger partial charge in [0.2, 0.25) is 0 Å². The first kappa shape index (κ1) is 7.73. The average molecular weight is 142 g/mol. The number of Topliss-reactive ketones (excluding diaryl/α,β-unsaturated/α-hetero) is 1. The van der Waals surface area contributed by atoms with Gasteiger partial charge in [0.1, 0.15) is 6.61 Å². The standard InChI is InChI=1S/C8H14O2/c1-2-3-4-8-5-7(9)6-10-8/h8H,2-6H2,1H3. The van der Waals surface area contributed by atoms with Crippen molar-refractivity contribution in [3.8, 4) is 0 Å². The maximum absolute atomic E-state index is 10.7. The second kappa shape index (κ2) is 3.71. The van der Waals surface area contributed by atoms with Crippen LogP contribution in [0.5, 0.6) is 0 Å². The van der Waals surface area contributed by atoms with Gasteiger partial charge in [0.25, 0.3) is 0 Å². The minimum Gasteiger partial charge on any atom is -0.370 e. The summed E-state index contributed by atoms with van der Waals surface area (Å²) in [5.41, 5.74) is 0. The normalized spacial score (nSPS) is 25.7. The van der Waals surface area contributed by atoms with Gasteiger partial charge in [-0.3, -0.25) is 4.79 Å². The van der Waals surface area contributed by atoms with Crippen LogP contribution in [0.1, 0.15) is 32.6 Å². The summed E-state index contributed by atoms with van der Waals surface area (Å²) in [5.74, 6) is 0.265. The van der Waals surface area contributed by atoms with Crippen molar-refractivity contribution in [3.05, 3.63) is 0 Å². The van der Waals surface area contributed by atoms with Crippen LogP contribution in [0.4, 0.5) is 0 Å². The Kier molecular flexibility index (Phi) is 2.87. The van der Waals surface area contributed by atoms with E-state index in [4.69, 9.17) is 4.74 Å². The number of ether oxygens (including phenoxy) is 1. The largest absolute Gasteiger partial charge is 0.370 e. The van der Waals surface area contributed by atoms with Crippen molar-refractivity contribution < 1.29 is 9.53 Å². The molecule has 0 bridgehead atoms. The number of ketones is 1. The first-order valence-corrected chi connectivity index (χ1v) is 3.96. The Morgan fingerprint density at radius 3 is 3.00 bits per heavy atom. The van der Waals surface area contributed by atoms with E-state index in [2.05, 4.69) is 6.92 Å². The molecule has 0 radical (unpaired) electrons. The summed E-state index contributed by atoms with van der Waals surface area (Å²) >= 11 is 0. The summed E-state index contributed by atoms with van der Waals surface area (Å²) in [7, 11) is 0. The zero-order chi connectivity index (χ0) is 7.40. The van der Waals surface area contributed by atoms with Crippen molar-refractivity contribution in [2.24, 2.45) is 0 Å². The van der Waals surface area contributed by atoms with Crippen molar-refractivity contribution in [2.75, 3.05) is 6.61 Å². The van der Waals surface area contributed by atoms with E-state index >= 15 is 0 Å². The first-order chi connectivity index (χ1) is 4.83. The van der Waals surface area contributed by atoms with Gasteiger partial charge in [-0.05, 0) is 6.42 Å². The minimum atomic E-state index is 0.243. The van der Waals surface area contributed by atoms with Gasteiger partial charge in [0.05, 0.1) is 6.10 Å². The first-order valence-electron chi connectivity index (χ1n) is 3.96. The van der Waals surface area contributed by atoms with Crippen LogP contribution in [0.25, 0.3) is 0 Å². The zero-order valence-corrected chi connectivity index (χ0v) is 6.43. The summed E-state index contributed by atoms with van der Waals surface area (Å²) in [6.45, 7) is 2.51. The molecule has 0 saturated carbocycles. The van der Waals surface area contributed by atoms with Crippen LogP contribution in [0.3, 0.4) is 0 Å². The molecule has 58 valence electrons. The molecule has 0 amide bonds. The topological polar surface area (TPSA) is 26.3 Å². The quantitative estimate of drug-likeness (QED) is 0.597. The van der Waals surface area contributed by atoms with Gasteiger partial charge < -0.3 is 4.74 Å². The highest BCUT2D eigenvalue weighted by Crippen LogP contribution is 2.14. The number of rotatable bonds is 3. The lowest BCUT2D eigenvalue weighted by atomic mass is 10.1. The Labute approximate surface area is 61.6 Å². The van der Waals surface area contributed by atoms with Gasteiger partial charge >= 0.3 is 0 Å². The Morgan fingerprint density at radius 2 is 2.50 bits per heavy atom. The Hall–Kier alpha value is -0.370. The third-order valence-corrected chi connectivity index (χ3v) is 1.82. The van der Waals surface area contributed by atoms with E-state index in [9.17, 15) is 4.79 Å². The summed E-state index contributed by atoms with van der Waals surface area (Å²) in [5, 5.41) is 0. The summed E-state index contributed by atoms with van der Waals surface area (Å²) in [4.78, 5) is 10.7. The molecule has 0 aromatic carbocycles. The number of carbonyl (C=O) groups is 1. The Morgan fingerprint density at radius 1 is 1.70 bits per heavy atom.